The Kier molecular flexibility index (Phi) is 3.98. The van der Waals surface area contributed by atoms with Crippen LogP contribution in [-0.2, 0) is 4.79 Å². The molecule has 4 heteroatoms. The van der Waals surface area contributed by atoms with Crippen LogP contribution in [0.1, 0.15) is 41.6 Å². The number of nitrogens with zero attached hydrogens (tertiary/aromatic N) is 1. The van der Waals surface area contributed by atoms with E-state index in [0.29, 0.717) is 31.2 Å². The van der Waals surface area contributed by atoms with Gasteiger partial charge in [0.05, 0.1) is 5.56 Å². The van der Waals surface area contributed by atoms with Gasteiger partial charge >= 0.3 is 0 Å². The normalized spacial score (nSPS) is 16.5. The first-order valence-corrected chi connectivity index (χ1v) is 6.54. The second-order valence-corrected chi connectivity index (χ2v) is 5.12. The Bertz CT molecular complexity index is 503. The minimum Gasteiger partial charge on any atom is -0.339 e. The van der Waals surface area contributed by atoms with E-state index in [1.165, 1.54) is 6.07 Å². The molecule has 0 radical (unpaired) electrons. The van der Waals surface area contributed by atoms with Gasteiger partial charge in [-0.15, -0.1) is 0 Å². The van der Waals surface area contributed by atoms with Crippen molar-refractivity contribution in [3.8, 4) is 0 Å². The molecule has 1 saturated carbocycles. The number of hydrogen-bond donors (Lipinski definition) is 0. The number of ketones is 1. The zero-order valence-electron chi connectivity index (χ0n) is 11.3. The summed E-state index contributed by atoms with van der Waals surface area (Å²) in [6.45, 7) is 1.64. The molecule has 1 aromatic rings. The topological polar surface area (TPSA) is 37.4 Å². The predicted molar refractivity (Wildman–Crippen MR) is 70.5 cm³/mol. The van der Waals surface area contributed by atoms with Gasteiger partial charge in [0.25, 0.3) is 5.91 Å². The second kappa shape index (κ2) is 5.51. The van der Waals surface area contributed by atoms with Gasteiger partial charge in [-0.05, 0) is 31.4 Å². The summed E-state index contributed by atoms with van der Waals surface area (Å²) >= 11 is 0. The average Bonchev–Trinajstić information content (AvgIpc) is 2.41. The zero-order valence-corrected chi connectivity index (χ0v) is 11.3. The van der Waals surface area contributed by atoms with Crippen LogP contribution in [0.2, 0.25) is 0 Å². The average molecular weight is 263 g/mol. The van der Waals surface area contributed by atoms with Crippen LogP contribution in [0.15, 0.2) is 18.2 Å². The number of hydrogen-bond acceptors (Lipinski definition) is 2. The molecule has 1 aliphatic rings. The van der Waals surface area contributed by atoms with E-state index in [1.54, 1.807) is 31.0 Å². The van der Waals surface area contributed by atoms with E-state index < -0.39 is 5.82 Å². The molecule has 1 amide bonds. The molecular weight excluding hydrogens is 245 g/mol. The lowest BCUT2D eigenvalue weighted by atomic mass is 9.93. The molecule has 0 N–H and O–H groups in total. The number of amides is 1. The van der Waals surface area contributed by atoms with Crippen LogP contribution in [0, 0.1) is 12.7 Å². The van der Waals surface area contributed by atoms with Crippen molar-refractivity contribution in [3.63, 3.8) is 0 Å². The van der Waals surface area contributed by atoms with Gasteiger partial charge in [-0.3, -0.25) is 9.59 Å². The Morgan fingerprint density at radius 3 is 2.58 bits per heavy atom. The first kappa shape index (κ1) is 13.7. The van der Waals surface area contributed by atoms with E-state index in [-0.39, 0.29) is 23.3 Å². The molecule has 1 fully saturated rings. The first-order valence-electron chi connectivity index (χ1n) is 6.54. The molecule has 0 unspecified atom stereocenters. The fourth-order valence-corrected chi connectivity index (χ4v) is 2.48. The van der Waals surface area contributed by atoms with Crippen molar-refractivity contribution in [2.75, 3.05) is 7.05 Å². The van der Waals surface area contributed by atoms with Crippen LogP contribution in [0.5, 0.6) is 0 Å². The summed E-state index contributed by atoms with van der Waals surface area (Å²) in [6.07, 6.45) is 2.38. The van der Waals surface area contributed by atoms with Crippen LogP contribution in [0.4, 0.5) is 4.39 Å². The molecule has 0 aromatic heterocycles. The monoisotopic (exact) mass is 263 g/mol. The fourth-order valence-electron chi connectivity index (χ4n) is 2.48. The summed E-state index contributed by atoms with van der Waals surface area (Å²) in [5, 5.41) is 0. The summed E-state index contributed by atoms with van der Waals surface area (Å²) in [5.41, 5.74) is 0.581. The molecule has 0 bridgehead atoms. The van der Waals surface area contributed by atoms with Gasteiger partial charge in [-0.25, -0.2) is 4.39 Å². The lowest BCUT2D eigenvalue weighted by Crippen LogP contribution is -2.40. The Morgan fingerprint density at radius 2 is 1.95 bits per heavy atom. The maximum atomic E-state index is 13.9. The van der Waals surface area contributed by atoms with Crippen LogP contribution in [0.3, 0.4) is 0 Å². The Morgan fingerprint density at radius 1 is 1.32 bits per heavy atom. The van der Waals surface area contributed by atoms with Crippen molar-refractivity contribution in [2.24, 2.45) is 0 Å². The van der Waals surface area contributed by atoms with Gasteiger partial charge in [0, 0.05) is 25.9 Å². The highest BCUT2D eigenvalue weighted by Crippen LogP contribution is 2.22. The first-order chi connectivity index (χ1) is 9.00. The highest BCUT2D eigenvalue weighted by Gasteiger charge is 2.27. The molecule has 2 rings (SSSR count). The summed E-state index contributed by atoms with van der Waals surface area (Å²) in [7, 11) is 1.69. The summed E-state index contributed by atoms with van der Waals surface area (Å²) < 4.78 is 13.9. The Labute approximate surface area is 112 Å². The molecule has 102 valence electrons. The molecule has 0 atom stereocenters. The molecule has 19 heavy (non-hydrogen) atoms. The molecule has 0 heterocycles. The minimum atomic E-state index is -0.453. The maximum absolute atomic E-state index is 13.9. The zero-order chi connectivity index (χ0) is 14.0. The third-order valence-electron chi connectivity index (χ3n) is 3.80. The van der Waals surface area contributed by atoms with Crippen molar-refractivity contribution in [2.45, 2.75) is 38.6 Å². The van der Waals surface area contributed by atoms with Crippen LogP contribution >= 0.6 is 0 Å². The maximum Gasteiger partial charge on any atom is 0.256 e. The highest BCUT2D eigenvalue weighted by molar-refractivity contribution is 5.95. The lowest BCUT2D eigenvalue weighted by molar-refractivity contribution is -0.121. The third kappa shape index (κ3) is 2.83. The number of benzene rings is 1. The SMILES string of the molecule is Cc1cccc(C(=O)N(C)C2CCC(=O)CC2)c1F. The molecule has 1 aliphatic carbocycles. The smallest absolute Gasteiger partial charge is 0.256 e. The molecule has 0 aliphatic heterocycles. The number of carbonyl (C=O) groups is 2. The summed E-state index contributed by atoms with van der Waals surface area (Å²) in [6, 6.07) is 4.87. The highest BCUT2D eigenvalue weighted by atomic mass is 19.1. The number of halogens is 1. The van der Waals surface area contributed by atoms with Crippen LogP contribution < -0.4 is 0 Å². The minimum absolute atomic E-state index is 0.0325. The number of Topliss-reactive ketones (excluding diaryl/α,β-unsaturated/α-hetero) is 1. The Balaban J connectivity index is 2.15. The van der Waals surface area contributed by atoms with E-state index >= 15 is 0 Å². The molecular formula is C15H18FNO2. The number of aryl methyl sites for hydroxylation is 1. The predicted octanol–water partition coefficient (Wildman–Crippen LogP) is 2.72. The second-order valence-electron chi connectivity index (χ2n) is 5.12. The third-order valence-corrected chi connectivity index (χ3v) is 3.80. The van der Waals surface area contributed by atoms with Crippen molar-refractivity contribution >= 4 is 11.7 Å². The van der Waals surface area contributed by atoms with E-state index in [2.05, 4.69) is 0 Å². The van der Waals surface area contributed by atoms with E-state index in [4.69, 9.17) is 0 Å². The van der Waals surface area contributed by atoms with Crippen molar-refractivity contribution in [1.82, 2.24) is 4.90 Å². The molecule has 3 nitrogen and oxygen atoms in total. The van der Waals surface area contributed by atoms with Crippen molar-refractivity contribution < 1.29 is 14.0 Å². The Hall–Kier alpha value is -1.71. The van der Waals surface area contributed by atoms with Gasteiger partial charge in [-0.2, -0.15) is 0 Å². The van der Waals surface area contributed by atoms with Crippen LogP contribution in [0.25, 0.3) is 0 Å². The van der Waals surface area contributed by atoms with E-state index in [9.17, 15) is 14.0 Å². The van der Waals surface area contributed by atoms with E-state index in [0.717, 1.165) is 0 Å². The quantitative estimate of drug-likeness (QED) is 0.822. The van der Waals surface area contributed by atoms with Crippen molar-refractivity contribution in [1.29, 1.82) is 0 Å². The number of carbonyl (C=O) groups excluding carboxylic acids is 2. The van der Waals surface area contributed by atoms with E-state index in [1.807, 2.05) is 0 Å². The van der Waals surface area contributed by atoms with Gasteiger partial charge in [0.15, 0.2) is 0 Å². The summed E-state index contributed by atoms with van der Waals surface area (Å²) in [4.78, 5) is 25.1. The largest absolute Gasteiger partial charge is 0.339 e. The standard InChI is InChI=1S/C15H18FNO2/c1-10-4-3-5-13(14(10)16)15(19)17(2)11-6-8-12(18)9-7-11/h3-5,11H,6-9H2,1-2H3. The fraction of sp³-hybridized carbons (Fsp3) is 0.467. The molecule has 0 spiro atoms. The van der Waals surface area contributed by atoms with Gasteiger partial charge < -0.3 is 4.90 Å². The molecule has 0 saturated heterocycles. The van der Waals surface area contributed by atoms with Crippen LogP contribution in [-0.4, -0.2) is 29.7 Å². The lowest BCUT2D eigenvalue weighted by Gasteiger charge is -2.31. The number of rotatable bonds is 2. The summed E-state index contributed by atoms with van der Waals surface area (Å²) in [5.74, 6) is -0.509. The molecule has 1 aromatic carbocycles. The van der Waals surface area contributed by atoms with Gasteiger partial charge in [0.1, 0.15) is 11.6 Å². The van der Waals surface area contributed by atoms with Gasteiger partial charge in [-0.1, -0.05) is 12.1 Å². The van der Waals surface area contributed by atoms with Crippen molar-refractivity contribution in [3.05, 3.63) is 35.1 Å². The van der Waals surface area contributed by atoms with Gasteiger partial charge in [0.2, 0.25) is 0 Å².